The van der Waals surface area contributed by atoms with Crippen molar-refractivity contribution in [2.24, 2.45) is 0 Å². The number of carboxylic acids is 1. The van der Waals surface area contributed by atoms with Crippen LogP contribution in [0.3, 0.4) is 0 Å². The zero-order valence-electron chi connectivity index (χ0n) is 15.3. The monoisotopic (exact) mass is 438 g/mol. The van der Waals surface area contributed by atoms with Crippen molar-refractivity contribution in [3.63, 3.8) is 0 Å². The van der Waals surface area contributed by atoms with Gasteiger partial charge in [0.1, 0.15) is 12.1 Å². The maximum atomic E-state index is 13.1. The van der Waals surface area contributed by atoms with Gasteiger partial charge in [-0.3, -0.25) is 4.79 Å². The number of nitrogens with one attached hydrogen (secondary N) is 2. The summed E-state index contributed by atoms with van der Waals surface area (Å²) in [5.74, 6) is -1.47. The molecule has 7 nitrogen and oxygen atoms in total. The molecule has 0 radical (unpaired) electrons. The van der Waals surface area contributed by atoms with Gasteiger partial charge >= 0.3 is 12.1 Å². The molecule has 0 unspecified atom stereocenters. The number of rotatable bonds is 5. The van der Waals surface area contributed by atoms with E-state index in [4.69, 9.17) is 11.6 Å². The van der Waals surface area contributed by atoms with Gasteiger partial charge in [0.05, 0.1) is 21.7 Å². The molecule has 156 valence electrons. The van der Waals surface area contributed by atoms with Crippen molar-refractivity contribution in [1.82, 2.24) is 9.97 Å². The normalized spacial score (nSPS) is 11.4. The second kappa shape index (κ2) is 8.15. The Morgan fingerprint density at radius 3 is 2.53 bits per heavy atom. The minimum Gasteiger partial charge on any atom is -0.478 e. The van der Waals surface area contributed by atoms with Crippen LogP contribution in [0.1, 0.15) is 28.4 Å². The second-order valence-corrected chi connectivity index (χ2v) is 6.70. The molecule has 0 fully saturated rings. The Hall–Kier alpha value is -3.40. The zero-order valence-corrected chi connectivity index (χ0v) is 16.1. The van der Waals surface area contributed by atoms with E-state index in [1.54, 1.807) is 0 Å². The van der Waals surface area contributed by atoms with Gasteiger partial charge in [0.15, 0.2) is 0 Å². The number of aromatic nitrogens is 2. The highest BCUT2D eigenvalue weighted by Crippen LogP contribution is 2.35. The number of hydrogen-bond acceptors (Lipinski definition) is 5. The summed E-state index contributed by atoms with van der Waals surface area (Å²) in [6.45, 7) is 1.23. The molecule has 0 aliphatic rings. The summed E-state index contributed by atoms with van der Waals surface area (Å²) in [6, 6.07) is 6.24. The van der Waals surface area contributed by atoms with Gasteiger partial charge in [0.25, 0.3) is 0 Å². The number of benzene rings is 2. The molecule has 3 N–H and O–H groups in total. The van der Waals surface area contributed by atoms with Gasteiger partial charge in [-0.15, -0.1) is 0 Å². The first kappa shape index (κ1) is 21.3. The average Bonchev–Trinajstić information content (AvgIpc) is 2.65. The van der Waals surface area contributed by atoms with E-state index >= 15 is 0 Å². The van der Waals surface area contributed by atoms with Gasteiger partial charge in [-0.05, 0) is 29.8 Å². The van der Waals surface area contributed by atoms with Gasteiger partial charge in [-0.1, -0.05) is 17.7 Å². The quantitative estimate of drug-likeness (QED) is 0.539. The molecular formula is C19H14ClF3N4O3. The molecule has 1 heterocycles. The van der Waals surface area contributed by atoms with Gasteiger partial charge < -0.3 is 15.7 Å². The molecule has 11 heteroatoms. The van der Waals surface area contributed by atoms with Crippen molar-refractivity contribution in [1.29, 1.82) is 0 Å². The van der Waals surface area contributed by atoms with Crippen molar-refractivity contribution in [3.05, 3.63) is 58.4 Å². The van der Waals surface area contributed by atoms with Gasteiger partial charge in [-0.2, -0.15) is 13.2 Å². The Labute approximate surface area is 172 Å². The van der Waals surface area contributed by atoms with Crippen LogP contribution in [0.25, 0.3) is 10.9 Å². The summed E-state index contributed by atoms with van der Waals surface area (Å²) in [4.78, 5) is 31.0. The number of carboxylic acid groups (broad SMARTS) is 1. The van der Waals surface area contributed by atoms with Crippen molar-refractivity contribution in [2.45, 2.75) is 19.6 Å². The fourth-order valence-electron chi connectivity index (χ4n) is 2.83. The molecule has 3 aromatic rings. The third kappa shape index (κ3) is 4.60. The van der Waals surface area contributed by atoms with Crippen molar-refractivity contribution in [2.75, 3.05) is 10.6 Å². The fourth-order valence-corrected chi connectivity index (χ4v) is 3.06. The predicted octanol–water partition coefficient (Wildman–Crippen LogP) is 4.57. The number of aromatic carboxylic acids is 1. The number of carbonyl (C=O) groups is 2. The van der Waals surface area contributed by atoms with Crippen LogP contribution in [0.5, 0.6) is 0 Å². The molecule has 0 bridgehead atoms. The average molecular weight is 439 g/mol. The van der Waals surface area contributed by atoms with E-state index in [1.165, 1.54) is 25.1 Å². The lowest BCUT2D eigenvalue weighted by Gasteiger charge is -2.13. The van der Waals surface area contributed by atoms with Gasteiger partial charge in [0.2, 0.25) is 5.91 Å². The topological polar surface area (TPSA) is 104 Å². The molecule has 0 saturated heterocycles. The number of fused-ring (bicyclic) bond motifs is 1. The zero-order chi connectivity index (χ0) is 22.1. The summed E-state index contributed by atoms with van der Waals surface area (Å²) in [6.07, 6.45) is -3.46. The lowest BCUT2D eigenvalue weighted by Crippen LogP contribution is -2.10. The minimum absolute atomic E-state index is 0.0425. The van der Waals surface area contributed by atoms with E-state index in [1.807, 2.05) is 0 Å². The molecule has 2 aromatic carbocycles. The Balaban J connectivity index is 2.00. The molecule has 1 aromatic heterocycles. The highest BCUT2D eigenvalue weighted by atomic mass is 35.5. The van der Waals surface area contributed by atoms with Crippen LogP contribution in [0, 0.1) is 0 Å². The standard InChI is InChI=1S/C19H14ClF3N4O3/c1-9(28)27-11-5-12-16(13(6-11)18(29)30)25-8-26-17(12)24-7-10-2-3-15(20)14(4-10)19(21,22)23/h2-6,8H,7H2,1H3,(H,27,28)(H,29,30)(H,24,25,26). The molecule has 0 spiro atoms. The van der Waals surface area contributed by atoms with E-state index in [-0.39, 0.29) is 40.1 Å². The summed E-state index contributed by atoms with van der Waals surface area (Å²) in [5, 5.41) is 14.7. The highest BCUT2D eigenvalue weighted by Gasteiger charge is 2.33. The molecular weight excluding hydrogens is 425 g/mol. The largest absolute Gasteiger partial charge is 0.478 e. The minimum atomic E-state index is -4.60. The molecule has 0 aliphatic heterocycles. The molecule has 30 heavy (non-hydrogen) atoms. The smallest absolute Gasteiger partial charge is 0.417 e. The summed E-state index contributed by atoms with van der Waals surface area (Å²) >= 11 is 5.63. The first-order valence-electron chi connectivity index (χ1n) is 8.45. The summed E-state index contributed by atoms with van der Waals surface area (Å²) in [7, 11) is 0. The Morgan fingerprint density at radius 2 is 1.90 bits per heavy atom. The molecule has 0 saturated carbocycles. The molecule has 0 aliphatic carbocycles. The Kier molecular flexibility index (Phi) is 5.79. The van der Waals surface area contributed by atoms with E-state index < -0.39 is 28.6 Å². The van der Waals surface area contributed by atoms with Crippen molar-refractivity contribution in [3.8, 4) is 0 Å². The second-order valence-electron chi connectivity index (χ2n) is 6.29. The highest BCUT2D eigenvalue weighted by molar-refractivity contribution is 6.31. The fraction of sp³-hybridized carbons (Fsp3) is 0.158. The maximum absolute atomic E-state index is 13.1. The van der Waals surface area contributed by atoms with E-state index in [0.717, 1.165) is 18.5 Å². The van der Waals surface area contributed by atoms with Crippen LogP contribution in [-0.2, 0) is 17.5 Å². The van der Waals surface area contributed by atoms with Crippen LogP contribution in [0.4, 0.5) is 24.7 Å². The van der Waals surface area contributed by atoms with Crippen molar-refractivity contribution >= 4 is 45.9 Å². The number of hydrogen-bond donors (Lipinski definition) is 3. The lowest BCUT2D eigenvalue weighted by molar-refractivity contribution is -0.137. The molecule has 0 atom stereocenters. The SMILES string of the molecule is CC(=O)Nc1cc(C(=O)O)c2ncnc(NCc3ccc(Cl)c(C(F)(F)F)c3)c2c1. The summed E-state index contributed by atoms with van der Waals surface area (Å²) in [5.41, 5.74) is -0.503. The third-order valence-electron chi connectivity index (χ3n) is 4.09. The number of alkyl halides is 3. The number of halogens is 4. The predicted molar refractivity (Wildman–Crippen MR) is 105 cm³/mol. The number of carbonyl (C=O) groups excluding carboxylic acids is 1. The molecule has 3 rings (SSSR count). The van der Waals surface area contributed by atoms with Crippen LogP contribution in [-0.4, -0.2) is 27.0 Å². The Morgan fingerprint density at radius 1 is 1.17 bits per heavy atom. The first-order chi connectivity index (χ1) is 14.1. The van der Waals surface area contributed by atoms with Gasteiger partial charge in [-0.25, -0.2) is 14.8 Å². The van der Waals surface area contributed by atoms with Crippen LogP contribution < -0.4 is 10.6 Å². The van der Waals surface area contributed by atoms with Gasteiger partial charge in [0, 0.05) is 24.5 Å². The van der Waals surface area contributed by atoms with E-state index in [2.05, 4.69) is 20.6 Å². The lowest BCUT2D eigenvalue weighted by atomic mass is 10.1. The number of nitrogens with zero attached hydrogens (tertiary/aromatic N) is 2. The van der Waals surface area contributed by atoms with Crippen LogP contribution in [0.15, 0.2) is 36.7 Å². The number of amides is 1. The van der Waals surface area contributed by atoms with Crippen LogP contribution in [0.2, 0.25) is 5.02 Å². The number of anilines is 2. The van der Waals surface area contributed by atoms with Crippen molar-refractivity contribution < 1.29 is 27.9 Å². The Bertz CT molecular complexity index is 1150. The maximum Gasteiger partial charge on any atom is 0.417 e. The summed E-state index contributed by atoms with van der Waals surface area (Å²) < 4.78 is 39.2. The van der Waals surface area contributed by atoms with E-state index in [9.17, 15) is 27.9 Å². The molecule has 1 amide bonds. The first-order valence-corrected chi connectivity index (χ1v) is 8.83. The van der Waals surface area contributed by atoms with Crippen LogP contribution >= 0.6 is 11.6 Å². The van der Waals surface area contributed by atoms with E-state index in [0.29, 0.717) is 0 Å². The third-order valence-corrected chi connectivity index (χ3v) is 4.42.